The quantitative estimate of drug-likeness (QED) is 0.823. The molecule has 2 amide bonds. The average molecular weight is 360 g/mol. The second-order valence-corrected chi connectivity index (χ2v) is 6.06. The number of fused-ring (bicyclic) bond motifs is 1. The van der Waals surface area contributed by atoms with E-state index in [9.17, 15) is 18.4 Å². The Morgan fingerprint density at radius 3 is 2.73 bits per heavy atom. The number of rotatable bonds is 3. The van der Waals surface area contributed by atoms with Crippen LogP contribution in [0.1, 0.15) is 11.5 Å². The molecule has 4 rings (SSSR count). The van der Waals surface area contributed by atoms with E-state index in [0.29, 0.717) is 17.6 Å². The highest BCUT2D eigenvalue weighted by Crippen LogP contribution is 2.38. The number of anilines is 1. The van der Waals surface area contributed by atoms with Crippen molar-refractivity contribution in [3.05, 3.63) is 53.6 Å². The number of carbonyl (C=O) groups is 2. The summed E-state index contributed by atoms with van der Waals surface area (Å²) in [5.41, 5.74) is 0.549. The van der Waals surface area contributed by atoms with Crippen LogP contribution in [-0.4, -0.2) is 25.2 Å². The molecule has 2 aliphatic rings. The van der Waals surface area contributed by atoms with Gasteiger partial charge in [-0.05, 0) is 29.8 Å². The summed E-state index contributed by atoms with van der Waals surface area (Å²) in [6.07, 6.45) is 0. The van der Waals surface area contributed by atoms with Gasteiger partial charge in [-0.2, -0.15) is 0 Å². The highest BCUT2D eigenvalue weighted by Gasteiger charge is 2.41. The molecule has 2 aromatic carbocycles. The second-order valence-electron chi connectivity index (χ2n) is 6.06. The Kier molecular flexibility index (Phi) is 3.95. The maximum Gasteiger partial charge on any atom is 0.237 e. The van der Waals surface area contributed by atoms with E-state index in [4.69, 9.17) is 9.47 Å². The SMILES string of the molecule is O=C1NC[C@H](c2ccc3c(c2)OCO3)[C@H]1C(=O)Nc1ccc(F)cc1F. The van der Waals surface area contributed by atoms with Crippen LogP contribution in [0.25, 0.3) is 0 Å². The number of ether oxygens (including phenoxy) is 2. The van der Waals surface area contributed by atoms with E-state index in [2.05, 4.69) is 10.6 Å². The number of benzene rings is 2. The summed E-state index contributed by atoms with van der Waals surface area (Å²) in [6.45, 7) is 0.386. The lowest BCUT2D eigenvalue weighted by atomic mass is 9.87. The van der Waals surface area contributed by atoms with Crippen LogP contribution in [-0.2, 0) is 9.59 Å². The number of hydrogen-bond acceptors (Lipinski definition) is 4. The average Bonchev–Trinajstić information content (AvgIpc) is 3.22. The van der Waals surface area contributed by atoms with E-state index in [-0.39, 0.29) is 19.0 Å². The summed E-state index contributed by atoms with van der Waals surface area (Å²) in [4.78, 5) is 24.8. The van der Waals surface area contributed by atoms with E-state index >= 15 is 0 Å². The Morgan fingerprint density at radius 2 is 1.92 bits per heavy atom. The van der Waals surface area contributed by atoms with Gasteiger partial charge in [-0.1, -0.05) is 6.07 Å². The molecule has 0 unspecified atom stereocenters. The van der Waals surface area contributed by atoms with Crippen molar-refractivity contribution >= 4 is 17.5 Å². The molecule has 0 spiro atoms. The first-order valence-electron chi connectivity index (χ1n) is 7.96. The Balaban J connectivity index is 1.59. The Labute approximate surface area is 147 Å². The van der Waals surface area contributed by atoms with Crippen molar-refractivity contribution < 1.29 is 27.8 Å². The van der Waals surface area contributed by atoms with Crippen LogP contribution >= 0.6 is 0 Å². The molecule has 1 fully saturated rings. The van der Waals surface area contributed by atoms with Crippen LogP contribution in [0.4, 0.5) is 14.5 Å². The Hall–Kier alpha value is -3.16. The largest absolute Gasteiger partial charge is 0.454 e. The van der Waals surface area contributed by atoms with Gasteiger partial charge >= 0.3 is 0 Å². The lowest BCUT2D eigenvalue weighted by Gasteiger charge is -2.17. The molecule has 1 saturated heterocycles. The van der Waals surface area contributed by atoms with Crippen molar-refractivity contribution in [3.8, 4) is 11.5 Å². The fourth-order valence-corrected chi connectivity index (χ4v) is 3.18. The molecule has 2 aromatic rings. The van der Waals surface area contributed by atoms with Gasteiger partial charge in [0.2, 0.25) is 18.6 Å². The normalized spacial score (nSPS) is 20.8. The molecule has 6 nitrogen and oxygen atoms in total. The van der Waals surface area contributed by atoms with E-state index in [1.807, 2.05) is 0 Å². The first-order chi connectivity index (χ1) is 12.5. The molecule has 134 valence electrons. The van der Waals surface area contributed by atoms with Crippen LogP contribution < -0.4 is 20.1 Å². The van der Waals surface area contributed by atoms with Crippen LogP contribution in [0.5, 0.6) is 11.5 Å². The third kappa shape index (κ3) is 2.83. The first kappa shape index (κ1) is 16.3. The summed E-state index contributed by atoms with van der Waals surface area (Å²) >= 11 is 0. The molecule has 2 aliphatic heterocycles. The minimum absolute atomic E-state index is 0.119. The number of amides is 2. The van der Waals surface area contributed by atoms with E-state index < -0.39 is 35.3 Å². The van der Waals surface area contributed by atoms with Crippen molar-refractivity contribution in [2.24, 2.45) is 5.92 Å². The molecular weight excluding hydrogens is 346 g/mol. The fraction of sp³-hybridized carbons (Fsp3) is 0.222. The highest BCUT2D eigenvalue weighted by atomic mass is 19.1. The third-order valence-electron chi connectivity index (χ3n) is 4.48. The van der Waals surface area contributed by atoms with Gasteiger partial charge in [-0.25, -0.2) is 8.78 Å². The van der Waals surface area contributed by atoms with E-state index in [0.717, 1.165) is 17.7 Å². The molecule has 0 radical (unpaired) electrons. The van der Waals surface area contributed by atoms with Gasteiger partial charge in [-0.3, -0.25) is 9.59 Å². The third-order valence-corrected chi connectivity index (χ3v) is 4.48. The minimum atomic E-state index is -1.04. The number of hydrogen-bond donors (Lipinski definition) is 2. The maximum atomic E-state index is 13.8. The van der Waals surface area contributed by atoms with Crippen molar-refractivity contribution in [2.45, 2.75) is 5.92 Å². The minimum Gasteiger partial charge on any atom is -0.454 e. The standard InChI is InChI=1S/C18H14F2N2O4/c19-10-2-3-13(12(20)6-10)22-18(24)16-11(7-21-17(16)23)9-1-4-14-15(5-9)26-8-25-14/h1-6,11,16H,7-8H2,(H,21,23)(H,22,24)/t11-,16-/m1/s1. The topological polar surface area (TPSA) is 76.7 Å². The van der Waals surface area contributed by atoms with Gasteiger partial charge in [-0.15, -0.1) is 0 Å². The van der Waals surface area contributed by atoms with Crippen molar-refractivity contribution in [2.75, 3.05) is 18.7 Å². The smallest absolute Gasteiger partial charge is 0.237 e. The summed E-state index contributed by atoms with van der Waals surface area (Å²) in [6, 6.07) is 8.02. The Bertz CT molecular complexity index is 903. The summed E-state index contributed by atoms with van der Waals surface area (Å²) in [5.74, 6) is -3.11. The molecule has 2 heterocycles. The van der Waals surface area contributed by atoms with Crippen molar-refractivity contribution in [1.29, 1.82) is 0 Å². The number of nitrogens with one attached hydrogen (secondary N) is 2. The number of carbonyl (C=O) groups excluding carboxylic acids is 2. The predicted molar refractivity (Wildman–Crippen MR) is 86.8 cm³/mol. The monoisotopic (exact) mass is 360 g/mol. The molecule has 2 atom stereocenters. The summed E-state index contributed by atoms with van der Waals surface area (Å²) in [7, 11) is 0. The lowest BCUT2D eigenvalue weighted by molar-refractivity contribution is -0.130. The van der Waals surface area contributed by atoms with Gasteiger partial charge < -0.3 is 20.1 Å². The van der Waals surface area contributed by atoms with Gasteiger partial charge in [0.15, 0.2) is 11.5 Å². The first-order valence-corrected chi connectivity index (χ1v) is 7.96. The number of halogens is 2. The van der Waals surface area contributed by atoms with Crippen LogP contribution in [0.3, 0.4) is 0 Å². The van der Waals surface area contributed by atoms with Gasteiger partial charge in [0.1, 0.15) is 17.6 Å². The van der Waals surface area contributed by atoms with Crippen molar-refractivity contribution in [3.63, 3.8) is 0 Å². The van der Waals surface area contributed by atoms with Crippen LogP contribution in [0, 0.1) is 17.6 Å². The maximum absolute atomic E-state index is 13.8. The Morgan fingerprint density at radius 1 is 1.12 bits per heavy atom. The van der Waals surface area contributed by atoms with E-state index in [1.54, 1.807) is 18.2 Å². The zero-order valence-corrected chi connectivity index (χ0v) is 13.4. The highest BCUT2D eigenvalue weighted by molar-refractivity contribution is 6.08. The lowest BCUT2D eigenvalue weighted by Crippen LogP contribution is -2.32. The molecular formula is C18H14F2N2O4. The predicted octanol–water partition coefficient (Wildman–Crippen LogP) is 2.16. The van der Waals surface area contributed by atoms with Gasteiger partial charge in [0.05, 0.1) is 5.69 Å². The summed E-state index contributed by atoms with van der Waals surface area (Å²) in [5, 5.41) is 5.02. The molecule has 8 heteroatoms. The van der Waals surface area contributed by atoms with Gasteiger partial charge in [0, 0.05) is 18.5 Å². The zero-order valence-electron chi connectivity index (χ0n) is 13.4. The molecule has 2 N–H and O–H groups in total. The van der Waals surface area contributed by atoms with Gasteiger partial charge in [0.25, 0.3) is 0 Å². The van der Waals surface area contributed by atoms with Crippen LogP contribution in [0.15, 0.2) is 36.4 Å². The van der Waals surface area contributed by atoms with Crippen molar-refractivity contribution in [1.82, 2.24) is 5.32 Å². The second kappa shape index (κ2) is 6.29. The molecule has 0 bridgehead atoms. The zero-order chi connectivity index (χ0) is 18.3. The molecule has 0 aliphatic carbocycles. The molecule has 0 saturated carbocycles. The molecule has 0 aromatic heterocycles. The summed E-state index contributed by atoms with van der Waals surface area (Å²) < 4.78 is 37.4. The molecule has 26 heavy (non-hydrogen) atoms. The fourth-order valence-electron chi connectivity index (χ4n) is 3.18. The van der Waals surface area contributed by atoms with E-state index in [1.165, 1.54) is 0 Å². The van der Waals surface area contributed by atoms with Crippen LogP contribution in [0.2, 0.25) is 0 Å².